The van der Waals surface area contributed by atoms with Crippen LogP contribution in [0.15, 0.2) is 47.9 Å². The molecule has 0 amide bonds. The molecule has 1 aliphatic rings. The van der Waals surface area contributed by atoms with E-state index < -0.39 is 12.0 Å². The summed E-state index contributed by atoms with van der Waals surface area (Å²) in [7, 11) is 0. The van der Waals surface area contributed by atoms with Gasteiger partial charge in [0.25, 0.3) is 0 Å². The average molecular weight is 289 g/mol. The van der Waals surface area contributed by atoms with Crippen LogP contribution in [0, 0.1) is 0 Å². The molecule has 0 fully saturated rings. The van der Waals surface area contributed by atoms with Crippen LogP contribution in [0.5, 0.6) is 0 Å². The lowest BCUT2D eigenvalue weighted by Gasteiger charge is -2.32. The summed E-state index contributed by atoms with van der Waals surface area (Å²) in [5.74, 6) is -0.810. The highest BCUT2D eigenvalue weighted by Crippen LogP contribution is 2.27. The van der Waals surface area contributed by atoms with Crippen molar-refractivity contribution in [3.8, 4) is 0 Å². The minimum atomic E-state index is -0.810. The molecule has 0 aliphatic carbocycles. The van der Waals surface area contributed by atoms with Gasteiger partial charge in [-0.3, -0.25) is 9.69 Å². The van der Waals surface area contributed by atoms with Crippen molar-refractivity contribution in [1.29, 1.82) is 0 Å². The Balaban J connectivity index is 2.28. The van der Waals surface area contributed by atoms with Crippen LogP contribution in [0.3, 0.4) is 0 Å². The molecule has 0 bridgehead atoms. The fourth-order valence-corrected chi connectivity index (χ4v) is 3.46. The fraction of sp³-hybridized carbons (Fsp3) is 0.312. The van der Waals surface area contributed by atoms with Crippen LogP contribution in [-0.2, 0) is 17.8 Å². The summed E-state index contributed by atoms with van der Waals surface area (Å²) in [6.07, 6.45) is 8.07. The number of fused-ring (bicyclic) bond motifs is 1. The second kappa shape index (κ2) is 6.68. The van der Waals surface area contributed by atoms with Crippen LogP contribution in [0.4, 0.5) is 0 Å². The molecule has 0 saturated heterocycles. The smallest absolute Gasteiger partial charge is 0.325 e. The first-order valence-corrected chi connectivity index (χ1v) is 7.52. The summed E-state index contributed by atoms with van der Waals surface area (Å²) in [5, 5.41) is 11.7. The molecule has 1 aromatic rings. The van der Waals surface area contributed by atoms with Crippen LogP contribution >= 0.6 is 11.3 Å². The third-order valence-corrected chi connectivity index (χ3v) is 4.44. The minimum absolute atomic E-state index is 0.614. The molecular formula is C16H19NO2S. The molecule has 1 unspecified atom stereocenters. The summed E-state index contributed by atoms with van der Waals surface area (Å²) >= 11 is 1.76. The molecule has 20 heavy (non-hydrogen) atoms. The first-order valence-electron chi connectivity index (χ1n) is 6.64. The molecule has 3 nitrogen and oxygen atoms in total. The van der Waals surface area contributed by atoms with Gasteiger partial charge in [-0.1, -0.05) is 30.9 Å². The molecule has 2 rings (SSSR count). The number of nitrogens with zero attached hydrogens (tertiary/aromatic N) is 1. The van der Waals surface area contributed by atoms with Crippen LogP contribution < -0.4 is 0 Å². The van der Waals surface area contributed by atoms with E-state index in [0.29, 0.717) is 6.54 Å². The maximum Gasteiger partial charge on any atom is 0.325 e. The van der Waals surface area contributed by atoms with Gasteiger partial charge in [0, 0.05) is 18.0 Å². The Kier molecular flexibility index (Phi) is 4.93. The van der Waals surface area contributed by atoms with E-state index in [-0.39, 0.29) is 0 Å². The highest BCUT2D eigenvalue weighted by atomic mass is 32.1. The molecule has 0 aromatic carbocycles. The summed E-state index contributed by atoms with van der Waals surface area (Å²) in [6, 6.07) is 1.48. The largest absolute Gasteiger partial charge is 0.480 e. The zero-order valence-electron chi connectivity index (χ0n) is 11.6. The van der Waals surface area contributed by atoms with Gasteiger partial charge in [-0.25, -0.2) is 0 Å². The quantitative estimate of drug-likeness (QED) is 0.846. The van der Waals surface area contributed by atoms with Gasteiger partial charge < -0.3 is 5.11 Å². The molecule has 1 aromatic heterocycles. The Morgan fingerprint density at radius 1 is 1.60 bits per heavy atom. The molecule has 1 N–H and O–H groups in total. The van der Waals surface area contributed by atoms with Gasteiger partial charge in [-0.05, 0) is 35.9 Å². The van der Waals surface area contributed by atoms with Crippen molar-refractivity contribution in [2.75, 3.05) is 6.54 Å². The van der Waals surface area contributed by atoms with Gasteiger partial charge in [-0.2, -0.15) is 0 Å². The van der Waals surface area contributed by atoms with E-state index >= 15 is 0 Å². The van der Waals surface area contributed by atoms with Gasteiger partial charge in [0.05, 0.1) is 0 Å². The van der Waals surface area contributed by atoms with Crippen molar-refractivity contribution in [1.82, 2.24) is 4.90 Å². The second-order valence-corrected chi connectivity index (χ2v) is 5.73. The van der Waals surface area contributed by atoms with Gasteiger partial charge in [0.1, 0.15) is 6.04 Å². The minimum Gasteiger partial charge on any atom is -0.480 e. The topological polar surface area (TPSA) is 40.5 Å². The Bertz CT molecular complexity index is 557. The zero-order chi connectivity index (χ0) is 14.5. The Labute approximate surface area is 123 Å². The van der Waals surface area contributed by atoms with Crippen molar-refractivity contribution in [2.24, 2.45) is 0 Å². The number of carboxylic acids is 1. The van der Waals surface area contributed by atoms with Crippen molar-refractivity contribution in [3.63, 3.8) is 0 Å². The van der Waals surface area contributed by atoms with E-state index in [1.807, 2.05) is 24.0 Å². The maximum absolute atomic E-state index is 11.7. The molecule has 0 radical (unpaired) electrons. The van der Waals surface area contributed by atoms with Gasteiger partial charge in [-0.15, -0.1) is 11.3 Å². The number of aliphatic carboxylic acids is 1. The lowest BCUT2D eigenvalue weighted by atomic mass is 10.0. The van der Waals surface area contributed by atoms with Gasteiger partial charge in [0.15, 0.2) is 0 Å². The molecule has 0 saturated carbocycles. The molecule has 4 heteroatoms. The summed E-state index contributed by atoms with van der Waals surface area (Å²) < 4.78 is 0. The fourth-order valence-electron chi connectivity index (χ4n) is 2.57. The number of hydrogen-bond acceptors (Lipinski definition) is 3. The third kappa shape index (κ3) is 3.08. The zero-order valence-corrected chi connectivity index (χ0v) is 12.4. The highest BCUT2D eigenvalue weighted by Gasteiger charge is 2.30. The first kappa shape index (κ1) is 14.8. The highest BCUT2D eigenvalue weighted by molar-refractivity contribution is 7.10. The predicted octanol–water partition coefficient (Wildman–Crippen LogP) is 3.25. The van der Waals surface area contributed by atoms with E-state index in [9.17, 15) is 9.90 Å². The van der Waals surface area contributed by atoms with E-state index in [1.54, 1.807) is 23.5 Å². The number of carboxylic acid groups (broad SMARTS) is 1. The standard InChI is InChI=1S/C16H19NO2S/c1-3-5-12(6-4-2)15(16(18)19)17-9-7-14-13(11-17)8-10-20-14/h3-6,8,10,15H,1,7,9,11H2,2H3,(H,18,19)/b6-4-,12-5+. The SMILES string of the molecule is C=C/C=C(\C=C/C)C(C(=O)O)N1CCc2sccc2C1. The van der Waals surface area contributed by atoms with E-state index in [1.165, 1.54) is 10.4 Å². The molecular weight excluding hydrogens is 270 g/mol. The van der Waals surface area contributed by atoms with Gasteiger partial charge >= 0.3 is 5.97 Å². The molecule has 1 atom stereocenters. The summed E-state index contributed by atoms with van der Waals surface area (Å²) in [4.78, 5) is 15.1. The van der Waals surface area contributed by atoms with Crippen LogP contribution in [-0.4, -0.2) is 28.6 Å². The Hall–Kier alpha value is -1.65. The van der Waals surface area contributed by atoms with E-state index in [0.717, 1.165) is 18.5 Å². The predicted molar refractivity (Wildman–Crippen MR) is 83.0 cm³/mol. The van der Waals surface area contributed by atoms with E-state index in [2.05, 4.69) is 18.0 Å². The Morgan fingerprint density at radius 3 is 3.05 bits per heavy atom. The molecule has 106 valence electrons. The number of hydrogen-bond donors (Lipinski definition) is 1. The number of allylic oxidation sites excluding steroid dienone is 3. The lowest BCUT2D eigenvalue weighted by Crippen LogP contribution is -2.44. The molecule has 2 heterocycles. The Morgan fingerprint density at radius 2 is 2.40 bits per heavy atom. The van der Waals surface area contributed by atoms with Crippen molar-refractivity contribution in [3.05, 3.63) is 58.3 Å². The normalized spacial score (nSPS) is 17.9. The van der Waals surface area contributed by atoms with Crippen LogP contribution in [0.2, 0.25) is 0 Å². The third-order valence-electron chi connectivity index (χ3n) is 3.42. The average Bonchev–Trinajstić information content (AvgIpc) is 2.86. The van der Waals surface area contributed by atoms with Crippen LogP contribution in [0.1, 0.15) is 17.4 Å². The summed E-state index contributed by atoms with van der Waals surface area (Å²) in [5.41, 5.74) is 2.03. The van der Waals surface area contributed by atoms with E-state index in [4.69, 9.17) is 0 Å². The number of rotatable bonds is 5. The maximum atomic E-state index is 11.7. The van der Waals surface area contributed by atoms with Crippen LogP contribution in [0.25, 0.3) is 0 Å². The monoisotopic (exact) mass is 289 g/mol. The lowest BCUT2D eigenvalue weighted by molar-refractivity contribution is -0.142. The van der Waals surface area contributed by atoms with Gasteiger partial charge in [0.2, 0.25) is 0 Å². The summed E-state index contributed by atoms with van der Waals surface area (Å²) in [6.45, 7) is 7.04. The molecule has 0 spiro atoms. The second-order valence-electron chi connectivity index (χ2n) is 4.73. The number of thiophene rings is 1. The first-order chi connectivity index (χ1) is 9.67. The number of carbonyl (C=O) groups is 1. The van der Waals surface area contributed by atoms with Crippen molar-refractivity contribution in [2.45, 2.75) is 25.9 Å². The molecule has 1 aliphatic heterocycles. The van der Waals surface area contributed by atoms with Crippen molar-refractivity contribution < 1.29 is 9.90 Å². The van der Waals surface area contributed by atoms with Crippen molar-refractivity contribution >= 4 is 17.3 Å².